The molecule has 0 saturated carbocycles. The highest BCUT2D eigenvalue weighted by Gasteiger charge is 2.24. The molecule has 0 spiro atoms. The standard InChI is InChI=1S/C23H26N2O4S/c1-16(2)24-23(26)21-14-19(12-13-22(21)29-4)30(27,28)25(3)15-18-10-7-9-17-8-5-6-11-20(17)18/h5-14,16H,15H2,1-4H3,(H,24,26). The Hall–Kier alpha value is -2.90. The van der Waals surface area contributed by atoms with Crippen LogP contribution in [0.5, 0.6) is 5.75 Å². The molecule has 1 N–H and O–H groups in total. The van der Waals surface area contributed by atoms with E-state index in [1.807, 2.05) is 56.3 Å². The maximum absolute atomic E-state index is 13.2. The predicted octanol–water partition coefficient (Wildman–Crippen LogP) is 3.81. The van der Waals surface area contributed by atoms with Crippen LogP contribution >= 0.6 is 0 Å². The van der Waals surface area contributed by atoms with Crippen LogP contribution in [0, 0.1) is 0 Å². The summed E-state index contributed by atoms with van der Waals surface area (Å²) in [4.78, 5) is 12.6. The van der Waals surface area contributed by atoms with E-state index in [0.29, 0.717) is 5.75 Å². The van der Waals surface area contributed by atoms with Crippen LogP contribution in [0.15, 0.2) is 65.6 Å². The molecule has 3 aromatic rings. The fourth-order valence-corrected chi connectivity index (χ4v) is 4.48. The molecule has 7 heteroatoms. The molecule has 3 aromatic carbocycles. The number of hydrogen-bond acceptors (Lipinski definition) is 4. The summed E-state index contributed by atoms with van der Waals surface area (Å²) in [5.74, 6) is -0.0561. The second-order valence-electron chi connectivity index (χ2n) is 7.39. The van der Waals surface area contributed by atoms with Crippen LogP contribution in [-0.4, -0.2) is 38.8 Å². The first-order valence-electron chi connectivity index (χ1n) is 9.66. The highest BCUT2D eigenvalue weighted by Crippen LogP contribution is 2.26. The van der Waals surface area contributed by atoms with E-state index in [0.717, 1.165) is 16.3 Å². The Morgan fingerprint density at radius 2 is 1.77 bits per heavy atom. The Morgan fingerprint density at radius 3 is 2.47 bits per heavy atom. The molecule has 0 radical (unpaired) electrons. The second kappa shape index (κ2) is 8.85. The minimum absolute atomic E-state index is 0.0416. The molecule has 0 aromatic heterocycles. The first-order valence-corrected chi connectivity index (χ1v) is 11.1. The van der Waals surface area contributed by atoms with Gasteiger partial charge in [0, 0.05) is 19.6 Å². The molecule has 0 saturated heterocycles. The van der Waals surface area contributed by atoms with Gasteiger partial charge >= 0.3 is 0 Å². The summed E-state index contributed by atoms with van der Waals surface area (Å²) in [6.45, 7) is 3.88. The van der Waals surface area contributed by atoms with Crippen LogP contribution in [0.2, 0.25) is 0 Å². The van der Waals surface area contributed by atoms with Crippen molar-refractivity contribution in [1.82, 2.24) is 9.62 Å². The number of benzene rings is 3. The fourth-order valence-electron chi connectivity index (χ4n) is 3.30. The lowest BCUT2D eigenvalue weighted by atomic mass is 10.0. The molecule has 0 atom stereocenters. The Labute approximate surface area is 177 Å². The van der Waals surface area contributed by atoms with Crippen molar-refractivity contribution in [3.05, 3.63) is 71.8 Å². The topological polar surface area (TPSA) is 75.7 Å². The number of ether oxygens (including phenoxy) is 1. The summed E-state index contributed by atoms with van der Waals surface area (Å²) < 4.78 is 33.0. The van der Waals surface area contributed by atoms with Crippen molar-refractivity contribution in [2.24, 2.45) is 0 Å². The number of sulfonamides is 1. The number of fused-ring (bicyclic) bond motifs is 1. The highest BCUT2D eigenvalue weighted by molar-refractivity contribution is 7.89. The van der Waals surface area contributed by atoms with Crippen molar-refractivity contribution in [1.29, 1.82) is 0 Å². The lowest BCUT2D eigenvalue weighted by Gasteiger charge is -2.19. The van der Waals surface area contributed by atoms with Crippen molar-refractivity contribution >= 4 is 26.7 Å². The zero-order valence-corrected chi connectivity index (χ0v) is 18.4. The molecular weight excluding hydrogens is 400 g/mol. The second-order valence-corrected chi connectivity index (χ2v) is 9.43. The van der Waals surface area contributed by atoms with Gasteiger partial charge in [-0.15, -0.1) is 0 Å². The van der Waals surface area contributed by atoms with E-state index in [1.54, 1.807) is 0 Å². The third-order valence-electron chi connectivity index (χ3n) is 4.82. The third kappa shape index (κ3) is 4.47. The van der Waals surface area contributed by atoms with Crippen LogP contribution in [0.4, 0.5) is 0 Å². The average molecular weight is 427 g/mol. The maximum atomic E-state index is 13.2. The SMILES string of the molecule is COc1ccc(S(=O)(=O)N(C)Cc2cccc3ccccc23)cc1C(=O)NC(C)C. The van der Waals surface area contributed by atoms with Gasteiger partial charge in [-0.05, 0) is 48.4 Å². The highest BCUT2D eigenvalue weighted by atomic mass is 32.2. The smallest absolute Gasteiger partial charge is 0.255 e. The van der Waals surface area contributed by atoms with Gasteiger partial charge in [-0.2, -0.15) is 4.31 Å². The van der Waals surface area contributed by atoms with E-state index in [4.69, 9.17) is 4.74 Å². The number of nitrogens with zero attached hydrogens (tertiary/aromatic N) is 1. The van der Waals surface area contributed by atoms with Gasteiger partial charge in [-0.1, -0.05) is 42.5 Å². The molecule has 0 aliphatic rings. The molecule has 0 bridgehead atoms. The summed E-state index contributed by atoms with van der Waals surface area (Å²) in [7, 11) is -0.834. The Kier molecular flexibility index (Phi) is 6.43. The summed E-state index contributed by atoms with van der Waals surface area (Å²) >= 11 is 0. The normalized spacial score (nSPS) is 11.8. The number of nitrogens with one attached hydrogen (secondary N) is 1. The van der Waals surface area contributed by atoms with Gasteiger partial charge in [-0.3, -0.25) is 4.79 Å². The van der Waals surface area contributed by atoms with Gasteiger partial charge in [0.25, 0.3) is 5.91 Å². The van der Waals surface area contributed by atoms with Gasteiger partial charge in [0.15, 0.2) is 0 Å². The number of amides is 1. The lowest BCUT2D eigenvalue weighted by Crippen LogP contribution is -2.31. The molecule has 0 unspecified atom stereocenters. The number of carbonyl (C=O) groups is 1. The zero-order valence-electron chi connectivity index (χ0n) is 17.5. The summed E-state index contributed by atoms with van der Waals surface area (Å²) in [5, 5.41) is 4.84. The molecule has 3 rings (SSSR count). The Balaban J connectivity index is 1.95. The average Bonchev–Trinajstić information content (AvgIpc) is 2.73. The molecule has 30 heavy (non-hydrogen) atoms. The van der Waals surface area contributed by atoms with E-state index in [-0.39, 0.29) is 29.0 Å². The molecule has 1 amide bonds. The largest absolute Gasteiger partial charge is 0.496 e. The molecule has 0 fully saturated rings. The zero-order chi connectivity index (χ0) is 21.9. The third-order valence-corrected chi connectivity index (χ3v) is 6.62. The van der Waals surface area contributed by atoms with Gasteiger partial charge in [-0.25, -0.2) is 8.42 Å². The molecule has 0 aliphatic carbocycles. The van der Waals surface area contributed by atoms with E-state index in [9.17, 15) is 13.2 Å². The van der Waals surface area contributed by atoms with E-state index >= 15 is 0 Å². The molecule has 158 valence electrons. The van der Waals surface area contributed by atoms with Crippen molar-refractivity contribution in [3.8, 4) is 5.75 Å². The van der Waals surface area contributed by atoms with Crippen molar-refractivity contribution in [3.63, 3.8) is 0 Å². The molecular formula is C23H26N2O4S. The minimum atomic E-state index is -3.82. The van der Waals surface area contributed by atoms with E-state index < -0.39 is 10.0 Å². The monoisotopic (exact) mass is 426 g/mol. The number of carbonyl (C=O) groups excluding carboxylic acids is 1. The van der Waals surface area contributed by atoms with Crippen molar-refractivity contribution < 1.29 is 17.9 Å². The number of hydrogen-bond donors (Lipinski definition) is 1. The molecule has 6 nitrogen and oxygen atoms in total. The van der Waals surface area contributed by atoms with Crippen LogP contribution < -0.4 is 10.1 Å². The van der Waals surface area contributed by atoms with E-state index in [1.165, 1.54) is 36.7 Å². The number of methoxy groups -OCH3 is 1. The van der Waals surface area contributed by atoms with Crippen molar-refractivity contribution in [2.75, 3.05) is 14.2 Å². The van der Waals surface area contributed by atoms with Crippen molar-refractivity contribution in [2.45, 2.75) is 31.3 Å². The molecule has 0 aliphatic heterocycles. The minimum Gasteiger partial charge on any atom is -0.496 e. The van der Waals surface area contributed by atoms with E-state index in [2.05, 4.69) is 5.32 Å². The number of rotatable bonds is 7. The Morgan fingerprint density at radius 1 is 1.07 bits per heavy atom. The van der Waals surface area contributed by atoms with Gasteiger partial charge in [0.05, 0.1) is 17.6 Å². The predicted molar refractivity (Wildman–Crippen MR) is 118 cm³/mol. The quantitative estimate of drug-likeness (QED) is 0.623. The summed E-state index contributed by atoms with van der Waals surface area (Å²) in [5.41, 5.74) is 1.09. The fraction of sp³-hybridized carbons (Fsp3) is 0.261. The summed E-state index contributed by atoms with van der Waals surface area (Å²) in [6.07, 6.45) is 0. The Bertz CT molecular complexity index is 1170. The van der Waals surface area contributed by atoms with Crippen LogP contribution in [-0.2, 0) is 16.6 Å². The van der Waals surface area contributed by atoms with Crippen LogP contribution in [0.25, 0.3) is 10.8 Å². The first kappa shape index (κ1) is 21.8. The van der Waals surface area contributed by atoms with Gasteiger partial charge < -0.3 is 10.1 Å². The van der Waals surface area contributed by atoms with Gasteiger partial charge in [0.1, 0.15) is 5.75 Å². The summed E-state index contributed by atoms with van der Waals surface area (Å²) in [6, 6.07) is 17.9. The van der Waals surface area contributed by atoms with Crippen LogP contribution in [0.1, 0.15) is 29.8 Å². The lowest BCUT2D eigenvalue weighted by molar-refractivity contribution is 0.0940. The maximum Gasteiger partial charge on any atom is 0.255 e. The van der Waals surface area contributed by atoms with Crippen LogP contribution in [0.3, 0.4) is 0 Å². The molecule has 0 heterocycles. The van der Waals surface area contributed by atoms with Gasteiger partial charge in [0.2, 0.25) is 10.0 Å². The first-order chi connectivity index (χ1) is 14.2.